The zero-order chi connectivity index (χ0) is 25.4. The van der Waals surface area contributed by atoms with E-state index in [4.69, 9.17) is 4.42 Å². The van der Waals surface area contributed by atoms with Gasteiger partial charge in [-0.3, -0.25) is 14.4 Å². The molecule has 0 fully saturated rings. The Bertz CT molecular complexity index is 1020. The van der Waals surface area contributed by atoms with Crippen molar-refractivity contribution in [2.75, 3.05) is 13.2 Å². The fourth-order valence-electron chi connectivity index (χ4n) is 4.83. The van der Waals surface area contributed by atoms with Crippen molar-refractivity contribution in [1.82, 2.24) is 0 Å². The number of carbonyl (C=O) groups excluding carboxylic acids is 3. The van der Waals surface area contributed by atoms with Crippen molar-refractivity contribution in [2.45, 2.75) is 59.8 Å². The maximum Gasteiger partial charge on any atom is 0.167 e. The Morgan fingerprint density at radius 1 is 1.14 bits per heavy atom. The first-order chi connectivity index (χ1) is 16.2. The molecule has 2 aromatic rings. The van der Waals surface area contributed by atoms with Crippen molar-refractivity contribution in [3.63, 3.8) is 0 Å². The molecule has 1 aromatic heterocycles. The number of phenolic OH excluding ortho intramolecular Hbond substituents is 1. The predicted molar refractivity (Wildman–Crippen MR) is 137 cm³/mol. The van der Waals surface area contributed by atoms with Crippen molar-refractivity contribution in [2.24, 2.45) is 17.8 Å². The molecule has 0 saturated heterocycles. The van der Waals surface area contributed by atoms with Gasteiger partial charge in [-0.2, -0.15) is 0 Å². The van der Waals surface area contributed by atoms with Gasteiger partial charge in [0.15, 0.2) is 5.78 Å². The zero-order valence-corrected chi connectivity index (χ0v) is 21.0. The number of carbonyl (C=O) groups is 3. The number of aryl methyl sites for hydroxylation is 1. The number of aliphatic hydroxyl groups is 2. The van der Waals surface area contributed by atoms with Crippen LogP contribution < -0.4 is 0 Å². The van der Waals surface area contributed by atoms with Gasteiger partial charge in [0.2, 0.25) is 0 Å². The van der Waals surface area contributed by atoms with Gasteiger partial charge >= 0.3 is 0 Å². The third-order valence-electron chi connectivity index (χ3n) is 6.28. The number of phenols is 1. The number of benzene rings is 1. The number of furan rings is 1. The lowest BCUT2D eigenvalue weighted by Crippen LogP contribution is -2.32. The second kappa shape index (κ2) is 13.9. The van der Waals surface area contributed by atoms with E-state index in [0.29, 0.717) is 29.7 Å². The molecule has 1 aliphatic carbocycles. The minimum atomic E-state index is -0.765. The van der Waals surface area contributed by atoms with E-state index in [1.165, 1.54) is 13.0 Å². The van der Waals surface area contributed by atoms with Gasteiger partial charge in [-0.15, -0.1) is 0 Å². The quantitative estimate of drug-likeness (QED) is 0.422. The number of aromatic hydroxyl groups is 1. The minimum Gasteiger partial charge on any atom is -0.507 e. The summed E-state index contributed by atoms with van der Waals surface area (Å²) in [7, 11) is 0. The molecule has 0 bridgehead atoms. The summed E-state index contributed by atoms with van der Waals surface area (Å²) in [6.07, 6.45) is 1.16. The Kier molecular flexibility index (Phi) is 12.0. The van der Waals surface area contributed by atoms with Crippen molar-refractivity contribution < 1.29 is 42.4 Å². The van der Waals surface area contributed by atoms with Crippen LogP contribution in [0.3, 0.4) is 0 Å². The van der Waals surface area contributed by atoms with Crippen LogP contribution in [0.15, 0.2) is 28.7 Å². The molecule has 198 valence electrons. The molecular weight excluding hydrogens is 452 g/mol. The third-order valence-corrected chi connectivity index (χ3v) is 6.28. The molecule has 0 amide bonds. The van der Waals surface area contributed by atoms with Crippen LogP contribution in [0, 0.1) is 24.7 Å². The van der Waals surface area contributed by atoms with Crippen molar-refractivity contribution in [3.05, 3.63) is 41.2 Å². The second-order valence-corrected chi connectivity index (χ2v) is 8.74. The molecule has 3 atom stereocenters. The van der Waals surface area contributed by atoms with Crippen LogP contribution in [-0.2, 0) is 16.0 Å². The predicted octanol–water partition coefficient (Wildman–Crippen LogP) is 3.94. The maximum atomic E-state index is 13.0. The van der Waals surface area contributed by atoms with Crippen LogP contribution in [0.2, 0.25) is 0 Å². The van der Waals surface area contributed by atoms with Crippen molar-refractivity contribution in [3.8, 4) is 17.1 Å². The zero-order valence-electron chi connectivity index (χ0n) is 21.0. The number of hydrogen-bond acceptors (Lipinski definition) is 7. The number of rotatable bonds is 10. The van der Waals surface area contributed by atoms with E-state index < -0.39 is 12.5 Å². The van der Waals surface area contributed by atoms with Crippen molar-refractivity contribution in [1.29, 1.82) is 0 Å². The van der Waals surface area contributed by atoms with Crippen LogP contribution in [-0.4, -0.2) is 51.4 Å². The molecule has 1 aromatic carbocycles. The van der Waals surface area contributed by atoms with Gasteiger partial charge in [-0.1, -0.05) is 13.8 Å². The molecule has 0 aliphatic heterocycles. The summed E-state index contributed by atoms with van der Waals surface area (Å²) >= 11 is 0. The molecule has 8 heteroatoms. The number of hydrogen-bond donors (Lipinski definition) is 3. The highest BCUT2D eigenvalue weighted by atomic mass is 16.3. The van der Waals surface area contributed by atoms with E-state index in [1.54, 1.807) is 6.07 Å². The molecule has 3 rings (SSSR count). The summed E-state index contributed by atoms with van der Waals surface area (Å²) in [5.74, 6) is -0.770. The highest BCUT2D eigenvalue weighted by molar-refractivity contribution is 6.03. The Morgan fingerprint density at radius 3 is 2.37 bits per heavy atom. The molecule has 35 heavy (non-hydrogen) atoms. The normalized spacial score (nSPS) is 16.3. The van der Waals surface area contributed by atoms with Crippen molar-refractivity contribution >= 4 is 17.3 Å². The average molecular weight is 495 g/mol. The summed E-state index contributed by atoms with van der Waals surface area (Å²) < 4.78 is 5.75. The summed E-state index contributed by atoms with van der Waals surface area (Å²) in [6, 6.07) is 6.90. The van der Waals surface area contributed by atoms with E-state index in [2.05, 4.69) is 0 Å². The number of ketones is 3. The maximum absolute atomic E-state index is 13.0. The lowest BCUT2D eigenvalue weighted by atomic mass is 9.72. The van der Waals surface area contributed by atoms with Crippen LogP contribution in [0.25, 0.3) is 11.3 Å². The molecule has 0 spiro atoms. The molecule has 3 unspecified atom stereocenters. The molecule has 5 N–H and O–H groups in total. The van der Waals surface area contributed by atoms with Crippen LogP contribution in [0.1, 0.15) is 71.0 Å². The van der Waals surface area contributed by atoms with Gasteiger partial charge in [-0.25, -0.2) is 0 Å². The van der Waals surface area contributed by atoms with E-state index >= 15 is 0 Å². The highest BCUT2D eigenvalue weighted by Crippen LogP contribution is 2.41. The van der Waals surface area contributed by atoms with Gasteiger partial charge < -0.3 is 25.2 Å². The third kappa shape index (κ3) is 7.34. The fourth-order valence-corrected chi connectivity index (χ4v) is 4.83. The average Bonchev–Trinajstić information content (AvgIpc) is 3.21. The Labute approximate surface area is 209 Å². The van der Waals surface area contributed by atoms with Crippen LogP contribution in [0.5, 0.6) is 5.75 Å². The molecule has 0 radical (unpaired) electrons. The van der Waals surface area contributed by atoms with E-state index in [0.717, 1.165) is 11.3 Å². The summed E-state index contributed by atoms with van der Waals surface area (Å²) in [5, 5.41) is 29.7. The summed E-state index contributed by atoms with van der Waals surface area (Å²) in [6.45, 7) is 6.58. The lowest BCUT2D eigenvalue weighted by Gasteiger charge is -2.31. The molecule has 0 saturated carbocycles. The van der Waals surface area contributed by atoms with E-state index in [1.807, 2.05) is 32.9 Å². The largest absolute Gasteiger partial charge is 0.507 e. The second-order valence-electron chi connectivity index (χ2n) is 8.74. The molecule has 1 heterocycles. The Morgan fingerprint density at radius 2 is 1.83 bits per heavy atom. The van der Waals surface area contributed by atoms with E-state index in [9.17, 15) is 29.7 Å². The SMILES string of the molecule is CC.CC(=O)CC(=O)C(CO)C(CCO)CC1CC(=O)c2c(O)ccc(-c3ccc(C)o3)c2C1.O.[HH].[HH]. The summed E-state index contributed by atoms with van der Waals surface area (Å²) in [5.41, 5.74) is 1.76. The fraction of sp³-hybridized carbons (Fsp3) is 0.519. The van der Waals surface area contributed by atoms with Gasteiger partial charge in [0, 0.05) is 27.4 Å². The first-order valence-corrected chi connectivity index (χ1v) is 11.9. The number of fused-ring (bicyclic) bond motifs is 1. The molecular formula is C27H42O8. The van der Waals surface area contributed by atoms with Crippen LogP contribution >= 0.6 is 0 Å². The number of Topliss-reactive ketones (excluding diaryl/α,β-unsaturated/α-hetero) is 3. The van der Waals surface area contributed by atoms with Gasteiger partial charge in [-0.05, 0) is 74.8 Å². The Hall–Kier alpha value is -2.81. The van der Waals surface area contributed by atoms with E-state index in [-0.39, 0.29) is 69.1 Å². The smallest absolute Gasteiger partial charge is 0.167 e. The summed E-state index contributed by atoms with van der Waals surface area (Å²) in [4.78, 5) is 36.9. The number of aliphatic hydroxyl groups excluding tert-OH is 2. The molecule has 8 nitrogen and oxygen atoms in total. The van der Waals surface area contributed by atoms with Gasteiger partial charge in [0.1, 0.15) is 28.8 Å². The monoisotopic (exact) mass is 494 g/mol. The Balaban J connectivity index is 0. The topological polar surface area (TPSA) is 157 Å². The van der Waals surface area contributed by atoms with Gasteiger partial charge in [0.25, 0.3) is 0 Å². The first-order valence-electron chi connectivity index (χ1n) is 11.9. The highest BCUT2D eigenvalue weighted by Gasteiger charge is 2.35. The minimum absolute atomic E-state index is 0. The van der Waals surface area contributed by atoms with Crippen LogP contribution in [0.4, 0.5) is 0 Å². The lowest BCUT2D eigenvalue weighted by molar-refractivity contribution is -0.131. The first kappa shape index (κ1) is 30.2. The molecule has 1 aliphatic rings. The van der Waals surface area contributed by atoms with Gasteiger partial charge in [0.05, 0.1) is 18.6 Å². The standard InChI is InChI=1S/C25H30O7.C2H6.H2O.2H2/c1-14(28)9-22(30)20(13-27)17(7-8-26)10-16-11-19-18(24-6-3-15(2)32-24)4-5-21(29)25(19)23(31)12-16;1-2;;;/h3-6,16-17,20,26-27,29H,7-13H2,1-2H3;1-2H3;1H2;2*1H.